The Hall–Kier alpha value is -4.81. The van der Waals surface area contributed by atoms with Crippen LogP contribution in [0, 0.1) is 17.8 Å². The van der Waals surface area contributed by atoms with Crippen molar-refractivity contribution in [1.82, 2.24) is 5.32 Å². The number of phenolic OH excluding ortho intramolecular Hbond substituents is 1. The number of nitrogens with zero attached hydrogens (tertiary/aromatic N) is 1. The normalized spacial score (nSPS) is 29.3. The smallest absolute Gasteiger partial charge is 0.335 e. The summed E-state index contributed by atoms with van der Waals surface area (Å²) < 4.78 is 24.2. The Bertz CT molecular complexity index is 2110. The zero-order valence-corrected chi connectivity index (χ0v) is 33.8. The van der Waals surface area contributed by atoms with Gasteiger partial charge >= 0.3 is 5.97 Å². The van der Waals surface area contributed by atoms with Gasteiger partial charge in [0.25, 0.3) is 5.91 Å². The van der Waals surface area contributed by atoms with Crippen LogP contribution >= 0.6 is 21.6 Å². The van der Waals surface area contributed by atoms with Gasteiger partial charge in [-0.2, -0.15) is 0 Å². The van der Waals surface area contributed by atoms with Crippen LogP contribution in [0.3, 0.4) is 0 Å². The van der Waals surface area contributed by atoms with Gasteiger partial charge in [-0.15, -0.1) is 0 Å². The molecule has 0 aromatic heterocycles. The van der Waals surface area contributed by atoms with E-state index in [1.165, 1.54) is 53.3 Å². The monoisotopic (exact) mass is 845 g/mol. The summed E-state index contributed by atoms with van der Waals surface area (Å²) in [6, 6.07) is 20.2. The maximum atomic E-state index is 12.6. The maximum Gasteiger partial charge on any atom is 0.335 e. The van der Waals surface area contributed by atoms with Crippen LogP contribution in [0.2, 0.25) is 0 Å². The highest BCUT2D eigenvalue weighted by Crippen LogP contribution is 2.43. The van der Waals surface area contributed by atoms with Crippen LogP contribution in [0.5, 0.6) is 17.2 Å². The van der Waals surface area contributed by atoms with Crippen LogP contribution in [0.15, 0.2) is 95.5 Å². The van der Waals surface area contributed by atoms with E-state index in [0.29, 0.717) is 18.7 Å². The Morgan fingerprint density at radius 3 is 2.59 bits per heavy atom. The van der Waals surface area contributed by atoms with Crippen LogP contribution in [0.4, 0.5) is 0 Å². The summed E-state index contributed by atoms with van der Waals surface area (Å²) in [5, 5.41) is 58.7. The summed E-state index contributed by atoms with van der Waals surface area (Å²) in [7, 11) is 2.98. The highest BCUT2D eigenvalue weighted by atomic mass is 33.1. The number of nitrogens with two attached hydrogens (primary N) is 1. The van der Waals surface area contributed by atoms with Crippen molar-refractivity contribution in [3.8, 4) is 17.2 Å². The molecule has 4 aliphatic rings. The van der Waals surface area contributed by atoms with Gasteiger partial charge in [0, 0.05) is 24.6 Å². The van der Waals surface area contributed by atoms with E-state index >= 15 is 0 Å². The highest BCUT2D eigenvalue weighted by molar-refractivity contribution is 8.76. The van der Waals surface area contributed by atoms with Gasteiger partial charge in [0.1, 0.15) is 41.2 Å². The molecule has 2 saturated heterocycles. The number of aliphatic hydroxyl groups excluding tert-OH is 2. The van der Waals surface area contributed by atoms with Gasteiger partial charge in [0.15, 0.2) is 11.7 Å². The second kappa shape index (κ2) is 18.6. The van der Waals surface area contributed by atoms with Crippen LogP contribution in [-0.2, 0) is 19.1 Å². The lowest BCUT2D eigenvalue weighted by Crippen LogP contribution is -2.72. The first-order valence-corrected chi connectivity index (χ1v) is 21.7. The van der Waals surface area contributed by atoms with Crippen molar-refractivity contribution in [2.75, 3.05) is 31.3 Å². The fourth-order valence-corrected chi connectivity index (χ4v) is 9.99. The van der Waals surface area contributed by atoms with E-state index < -0.39 is 48.2 Å². The van der Waals surface area contributed by atoms with E-state index in [-0.39, 0.29) is 64.4 Å². The quantitative estimate of drug-likeness (QED) is 0.138. The minimum Gasteiger partial charge on any atom is -0.508 e. The first-order valence-electron chi connectivity index (χ1n) is 19.2. The number of fused-ring (bicyclic) bond motifs is 2. The number of carboxylic acid groups (broad SMARTS) is 1. The molecule has 3 aromatic rings. The van der Waals surface area contributed by atoms with Crippen LogP contribution < -0.4 is 20.5 Å². The molecule has 0 spiro atoms. The minimum atomic E-state index is -2.15. The number of aliphatic carboxylic acids is 1. The molecule has 0 radical (unpaired) electrons. The summed E-state index contributed by atoms with van der Waals surface area (Å²) in [6.45, 7) is 3.01. The summed E-state index contributed by atoms with van der Waals surface area (Å²) in [5.41, 5.74) is 6.49. The first kappa shape index (κ1) is 42.3. The number of aliphatic imine (C=N–C) groups is 1. The lowest BCUT2D eigenvalue weighted by atomic mass is 9.77. The number of allylic oxidation sites excluding steroid dienone is 2. The van der Waals surface area contributed by atoms with Crippen molar-refractivity contribution in [2.45, 2.75) is 49.7 Å². The molecule has 9 atom stereocenters. The second-order valence-corrected chi connectivity index (χ2v) is 17.4. The van der Waals surface area contributed by atoms with Gasteiger partial charge < -0.3 is 55.5 Å². The Morgan fingerprint density at radius 1 is 1.10 bits per heavy atom. The highest BCUT2D eigenvalue weighted by Gasteiger charge is 2.59. The zero-order chi connectivity index (χ0) is 41.7. The van der Waals surface area contributed by atoms with Gasteiger partial charge in [-0.25, -0.2) is 4.79 Å². The van der Waals surface area contributed by atoms with E-state index in [2.05, 4.69) is 35.5 Å². The Balaban J connectivity index is 1.18. The number of nitrogens with one attached hydrogen (secondary N) is 1. The molecule has 4 heterocycles. The number of benzene rings is 3. The molecular formula is C43H47N3O11S2. The summed E-state index contributed by atoms with van der Waals surface area (Å²) in [6.07, 6.45) is 0.916. The standard InChI is InChI=1S/C43H47N3O11S2/c1-24(6-5-9-25-7-3-2-4-8-25)31-20-46-22-43(53)39(54-23-59-58-21-32(31)27-16-17-45-19-27)36(49)38(41(51)52)57-42(43)55-29-14-15-30-33(18-29)56-37(40(44)50)34(35(30)48)26-10-12-28(47)13-11-26/h2-5,7-16,18-19,24,31-32,36-39,42,46-49,53H,6,17,20-23H2,1H3,(H2,44,50)(H,51,52). The summed E-state index contributed by atoms with van der Waals surface area (Å²) in [4.78, 5) is 29.5. The molecule has 14 nitrogen and oxygen atoms in total. The molecule has 312 valence electrons. The van der Waals surface area contributed by atoms with Crippen LogP contribution in [0.25, 0.3) is 17.4 Å². The molecule has 59 heavy (non-hydrogen) atoms. The Labute approximate surface area is 349 Å². The third-order valence-corrected chi connectivity index (χ3v) is 13.2. The van der Waals surface area contributed by atoms with Crippen molar-refractivity contribution in [2.24, 2.45) is 28.5 Å². The topological polar surface area (TPSA) is 223 Å². The first-order chi connectivity index (χ1) is 28.4. The van der Waals surface area contributed by atoms with Gasteiger partial charge in [0.2, 0.25) is 12.4 Å². The van der Waals surface area contributed by atoms with Crippen molar-refractivity contribution < 1.29 is 54.1 Å². The fraction of sp³-hybridized carbons (Fsp3) is 0.372. The van der Waals surface area contributed by atoms with Gasteiger partial charge in [0.05, 0.1) is 17.7 Å². The second-order valence-electron chi connectivity index (χ2n) is 14.9. The zero-order valence-electron chi connectivity index (χ0n) is 32.1. The average molecular weight is 846 g/mol. The number of carbonyl (C=O) groups is 2. The van der Waals surface area contributed by atoms with Crippen molar-refractivity contribution in [3.63, 3.8) is 0 Å². The summed E-state index contributed by atoms with van der Waals surface area (Å²) >= 11 is 0. The predicted octanol–water partition coefficient (Wildman–Crippen LogP) is 4.66. The minimum absolute atomic E-state index is 0.00379. The van der Waals surface area contributed by atoms with E-state index in [0.717, 1.165) is 23.3 Å². The number of aliphatic hydroxyl groups is 3. The molecule has 4 aliphatic heterocycles. The Morgan fingerprint density at radius 2 is 1.88 bits per heavy atom. The van der Waals surface area contributed by atoms with E-state index in [4.69, 9.17) is 24.7 Å². The Kier molecular flexibility index (Phi) is 13.4. The maximum absolute atomic E-state index is 12.6. The van der Waals surface area contributed by atoms with Crippen molar-refractivity contribution in [3.05, 3.63) is 107 Å². The van der Waals surface area contributed by atoms with Crippen LogP contribution in [0.1, 0.15) is 30.0 Å². The number of amides is 1. The number of aromatic hydroxyl groups is 1. The van der Waals surface area contributed by atoms with Gasteiger partial charge in [-0.3, -0.25) is 9.79 Å². The van der Waals surface area contributed by atoms with Gasteiger partial charge in [-0.05, 0) is 71.7 Å². The van der Waals surface area contributed by atoms with E-state index in [9.17, 15) is 35.1 Å². The predicted molar refractivity (Wildman–Crippen MR) is 226 cm³/mol. The fourth-order valence-electron chi connectivity index (χ4n) is 7.93. The molecule has 8 N–H and O–H groups in total. The number of hydrogen-bond acceptors (Lipinski definition) is 14. The molecule has 0 bridgehead atoms. The number of carbonyl (C=O) groups excluding carboxylic acids is 1. The number of carboxylic acids is 1. The molecule has 0 aliphatic carbocycles. The number of β-amino-alcohol motifs (C(OH)–C–C–N with tert-alkyl or cyclic N) is 1. The lowest BCUT2D eigenvalue weighted by molar-refractivity contribution is -0.316. The summed E-state index contributed by atoms with van der Waals surface area (Å²) in [5.74, 6) is -1.57. The molecule has 2 fully saturated rings. The number of phenols is 1. The number of ether oxygens (including phenoxy) is 4. The number of rotatable bonds is 10. The molecule has 9 unspecified atom stereocenters. The molecule has 3 aromatic carbocycles. The van der Waals surface area contributed by atoms with E-state index in [1.54, 1.807) is 10.8 Å². The van der Waals surface area contributed by atoms with Crippen molar-refractivity contribution >= 4 is 57.1 Å². The number of primary amides is 1. The molecule has 1 amide bonds. The lowest BCUT2D eigenvalue weighted by Gasteiger charge is -2.49. The largest absolute Gasteiger partial charge is 0.508 e. The third kappa shape index (κ3) is 9.34. The van der Waals surface area contributed by atoms with Gasteiger partial charge in [-0.1, -0.05) is 89.2 Å². The molecule has 0 saturated carbocycles. The number of hydrogen-bond donors (Lipinski definition) is 7. The third-order valence-electron chi connectivity index (χ3n) is 11.1. The van der Waals surface area contributed by atoms with Crippen molar-refractivity contribution in [1.29, 1.82) is 0 Å². The molecule has 16 heteroatoms. The molecular weight excluding hydrogens is 799 g/mol. The molecule has 7 rings (SSSR count). The SMILES string of the molecule is CC(CC=Cc1ccccc1)C1CNCC2(O)C(Oc3ccc4c(c3)OC(C(N)=O)C(c3ccc(O)cc3)=C4O)OC(C(=O)O)C(O)C2OCSSCC1C1=CCN=C1. The van der Waals surface area contributed by atoms with Crippen LogP contribution in [-0.4, -0.2) is 111 Å². The van der Waals surface area contributed by atoms with E-state index in [1.807, 2.05) is 36.5 Å². The average Bonchev–Trinajstić information content (AvgIpc) is 3.75.